The van der Waals surface area contributed by atoms with Gasteiger partial charge in [0.1, 0.15) is 5.76 Å². The van der Waals surface area contributed by atoms with Crippen LogP contribution in [0, 0.1) is 5.92 Å². The molecule has 0 unspecified atom stereocenters. The van der Waals surface area contributed by atoms with E-state index in [0.29, 0.717) is 0 Å². The van der Waals surface area contributed by atoms with Crippen molar-refractivity contribution in [1.82, 2.24) is 4.90 Å². The van der Waals surface area contributed by atoms with Gasteiger partial charge in [0.2, 0.25) is 0 Å². The summed E-state index contributed by atoms with van der Waals surface area (Å²) in [5.41, 5.74) is 0. The van der Waals surface area contributed by atoms with E-state index in [0.717, 1.165) is 6.08 Å². The monoisotopic (exact) mass is 223 g/mol. The Hall–Kier alpha value is -1.91. The first-order chi connectivity index (χ1) is 7.41. The van der Waals surface area contributed by atoms with Gasteiger partial charge >= 0.3 is 5.97 Å². The fraction of sp³-hybridized carbons (Fsp3) is 0.364. The molecule has 5 nitrogen and oxygen atoms in total. The van der Waals surface area contributed by atoms with Crippen LogP contribution in [0.2, 0.25) is 0 Å². The molecule has 1 atom stereocenters. The van der Waals surface area contributed by atoms with Crippen LogP contribution < -0.4 is 0 Å². The first-order valence-corrected chi connectivity index (χ1v) is 4.74. The smallest absolute Gasteiger partial charge is 0.329 e. The highest BCUT2D eigenvalue weighted by atomic mass is 16.5. The molecule has 1 rings (SSSR count). The third kappa shape index (κ3) is 2.79. The number of esters is 1. The molecule has 0 aromatic rings. The van der Waals surface area contributed by atoms with Crippen molar-refractivity contribution in [1.29, 1.82) is 0 Å². The molecule has 0 bridgehead atoms. The Morgan fingerprint density at radius 3 is 2.56 bits per heavy atom. The van der Waals surface area contributed by atoms with E-state index >= 15 is 0 Å². The number of ether oxygens (including phenoxy) is 1. The zero-order valence-corrected chi connectivity index (χ0v) is 9.39. The lowest BCUT2D eigenvalue weighted by Gasteiger charge is -2.16. The van der Waals surface area contributed by atoms with Gasteiger partial charge in [-0.05, 0) is 13.0 Å². The number of nitrogens with zero attached hydrogens (tertiary/aromatic N) is 1. The molecule has 1 aliphatic heterocycles. The van der Waals surface area contributed by atoms with Gasteiger partial charge < -0.3 is 9.64 Å². The Morgan fingerprint density at radius 1 is 1.44 bits per heavy atom. The van der Waals surface area contributed by atoms with Crippen molar-refractivity contribution in [2.45, 2.75) is 6.92 Å². The average Bonchev–Trinajstić information content (AvgIpc) is 2.12. The van der Waals surface area contributed by atoms with Crippen molar-refractivity contribution in [2.75, 3.05) is 14.1 Å². The molecule has 0 amide bonds. The van der Waals surface area contributed by atoms with E-state index in [1.165, 1.54) is 19.2 Å². The summed E-state index contributed by atoms with van der Waals surface area (Å²) in [6.07, 6.45) is 3.83. The van der Waals surface area contributed by atoms with Crippen LogP contribution in [0.1, 0.15) is 6.92 Å². The molecule has 0 aromatic carbocycles. The van der Waals surface area contributed by atoms with Crippen molar-refractivity contribution >= 4 is 17.5 Å². The van der Waals surface area contributed by atoms with E-state index in [1.807, 2.05) is 0 Å². The number of allylic oxidation sites excluding steroid dienone is 3. The number of carbonyl (C=O) groups excluding carboxylic acids is 3. The van der Waals surface area contributed by atoms with Gasteiger partial charge in [-0.15, -0.1) is 0 Å². The minimum absolute atomic E-state index is 0.218. The number of ketones is 2. The maximum atomic E-state index is 11.6. The van der Waals surface area contributed by atoms with Gasteiger partial charge in [-0.1, -0.05) is 0 Å². The minimum atomic E-state index is -1.35. The molecule has 0 N–H and O–H groups in total. The van der Waals surface area contributed by atoms with Crippen LogP contribution in [0.5, 0.6) is 0 Å². The molecule has 0 saturated heterocycles. The third-order valence-corrected chi connectivity index (χ3v) is 1.95. The summed E-state index contributed by atoms with van der Waals surface area (Å²) in [6, 6.07) is 0. The fourth-order valence-electron chi connectivity index (χ4n) is 1.22. The lowest BCUT2D eigenvalue weighted by molar-refractivity contribution is -0.151. The Balaban J connectivity index is 2.85. The number of cyclic esters (lactones) is 1. The van der Waals surface area contributed by atoms with Gasteiger partial charge in [-0.3, -0.25) is 14.4 Å². The van der Waals surface area contributed by atoms with E-state index in [1.54, 1.807) is 19.0 Å². The van der Waals surface area contributed by atoms with Crippen molar-refractivity contribution in [3.8, 4) is 0 Å². The molecule has 0 saturated carbocycles. The van der Waals surface area contributed by atoms with Crippen LogP contribution in [0.25, 0.3) is 0 Å². The maximum Gasteiger partial charge on any atom is 0.329 e. The van der Waals surface area contributed by atoms with E-state index in [4.69, 9.17) is 4.74 Å². The predicted octanol–water partition coefficient (Wildman–Crippen LogP) is 0.277. The number of hydrogen-bond acceptors (Lipinski definition) is 5. The van der Waals surface area contributed by atoms with Gasteiger partial charge in [0.25, 0.3) is 0 Å². The van der Waals surface area contributed by atoms with Gasteiger partial charge in [0.05, 0.1) is 0 Å². The second-order valence-electron chi connectivity index (χ2n) is 3.69. The Kier molecular flexibility index (Phi) is 3.60. The molecule has 0 aliphatic carbocycles. The summed E-state index contributed by atoms with van der Waals surface area (Å²) in [5.74, 6) is -3.02. The first kappa shape index (κ1) is 12.2. The van der Waals surface area contributed by atoms with E-state index in [2.05, 4.69) is 0 Å². The van der Waals surface area contributed by atoms with E-state index < -0.39 is 23.5 Å². The zero-order valence-electron chi connectivity index (χ0n) is 9.39. The van der Waals surface area contributed by atoms with E-state index in [9.17, 15) is 14.4 Å². The van der Waals surface area contributed by atoms with Crippen LogP contribution in [0.3, 0.4) is 0 Å². The van der Waals surface area contributed by atoms with Crippen molar-refractivity contribution in [2.24, 2.45) is 5.92 Å². The van der Waals surface area contributed by atoms with Gasteiger partial charge in [0.15, 0.2) is 17.5 Å². The summed E-state index contributed by atoms with van der Waals surface area (Å²) in [7, 11) is 3.46. The molecule has 1 aliphatic rings. The number of rotatable bonds is 3. The van der Waals surface area contributed by atoms with Crippen LogP contribution >= 0.6 is 0 Å². The molecule has 86 valence electrons. The largest absolute Gasteiger partial charge is 0.430 e. The summed E-state index contributed by atoms with van der Waals surface area (Å²) in [4.78, 5) is 36.0. The quantitative estimate of drug-likeness (QED) is 0.390. The molecular weight excluding hydrogens is 210 g/mol. The van der Waals surface area contributed by atoms with Crippen LogP contribution in [-0.2, 0) is 19.1 Å². The highest BCUT2D eigenvalue weighted by Gasteiger charge is 2.36. The lowest BCUT2D eigenvalue weighted by Crippen LogP contribution is -2.34. The minimum Gasteiger partial charge on any atom is -0.430 e. The highest BCUT2D eigenvalue weighted by Crippen LogP contribution is 2.15. The predicted molar refractivity (Wildman–Crippen MR) is 56.2 cm³/mol. The molecule has 5 heteroatoms. The topological polar surface area (TPSA) is 63.7 Å². The summed E-state index contributed by atoms with van der Waals surface area (Å²) in [6.45, 7) is 1.49. The van der Waals surface area contributed by atoms with Gasteiger partial charge in [-0.25, -0.2) is 0 Å². The third-order valence-electron chi connectivity index (χ3n) is 1.95. The zero-order chi connectivity index (χ0) is 12.3. The van der Waals surface area contributed by atoms with Crippen molar-refractivity contribution in [3.05, 3.63) is 24.1 Å². The second kappa shape index (κ2) is 4.74. The second-order valence-corrected chi connectivity index (χ2v) is 3.69. The van der Waals surface area contributed by atoms with Crippen LogP contribution in [-0.4, -0.2) is 36.5 Å². The average molecular weight is 223 g/mol. The van der Waals surface area contributed by atoms with Gasteiger partial charge in [-0.2, -0.15) is 0 Å². The normalized spacial score (nSPS) is 20.7. The van der Waals surface area contributed by atoms with Crippen molar-refractivity contribution < 1.29 is 19.1 Å². The molecular formula is C11H13NO4. The first-order valence-electron chi connectivity index (χ1n) is 4.74. The highest BCUT2D eigenvalue weighted by molar-refractivity contribution is 6.24. The summed E-state index contributed by atoms with van der Waals surface area (Å²) >= 11 is 0. The number of carbonyl (C=O) groups is 3. The fourth-order valence-corrected chi connectivity index (χ4v) is 1.22. The summed E-state index contributed by atoms with van der Waals surface area (Å²) in [5, 5.41) is 0. The molecule has 16 heavy (non-hydrogen) atoms. The SMILES string of the molecule is CC1=CC(=O)[C@H](C(=O)/C=C/N(C)C)C(=O)O1. The standard InChI is InChI=1S/C11H13NO4/c1-7-6-9(14)10(11(15)16-7)8(13)4-5-12(2)3/h4-6,10H,1-3H3/b5-4+/t10-/m0/s1. The van der Waals surface area contributed by atoms with E-state index in [-0.39, 0.29) is 5.76 Å². The molecule has 0 aromatic heterocycles. The Morgan fingerprint density at radius 2 is 2.06 bits per heavy atom. The molecule has 0 spiro atoms. The Bertz CT molecular complexity index is 393. The molecule has 0 fully saturated rings. The summed E-state index contributed by atoms with van der Waals surface area (Å²) < 4.78 is 4.73. The Labute approximate surface area is 93.4 Å². The van der Waals surface area contributed by atoms with Crippen LogP contribution in [0.4, 0.5) is 0 Å². The van der Waals surface area contributed by atoms with Crippen molar-refractivity contribution in [3.63, 3.8) is 0 Å². The number of hydrogen-bond donors (Lipinski definition) is 0. The lowest BCUT2D eigenvalue weighted by atomic mass is 9.96. The van der Waals surface area contributed by atoms with Gasteiger partial charge in [0, 0.05) is 26.4 Å². The van der Waals surface area contributed by atoms with Crippen LogP contribution in [0.15, 0.2) is 24.1 Å². The molecule has 1 heterocycles. The maximum absolute atomic E-state index is 11.6. The molecule has 0 radical (unpaired) electrons.